The monoisotopic (exact) mass is 472 g/mol. The Morgan fingerprint density at radius 1 is 0.677 bits per heavy atom. The SMILES string of the molecule is Oc1c(C=C=Cc2sc3cc(C(F)(F)F)ccc3c2O)sc2cc(C(F)(F)F)ccc12. The Morgan fingerprint density at radius 3 is 1.42 bits per heavy atom. The van der Waals surface area contributed by atoms with Crippen LogP contribution in [0.15, 0.2) is 42.1 Å². The first kappa shape index (κ1) is 21.3. The van der Waals surface area contributed by atoms with Crippen molar-refractivity contribution >= 4 is 55.0 Å². The largest absolute Gasteiger partial charge is 0.506 e. The van der Waals surface area contributed by atoms with Gasteiger partial charge in [-0.25, -0.2) is 0 Å². The van der Waals surface area contributed by atoms with E-state index >= 15 is 0 Å². The fourth-order valence-corrected chi connectivity index (χ4v) is 5.01. The van der Waals surface area contributed by atoms with E-state index in [0.29, 0.717) is 0 Å². The summed E-state index contributed by atoms with van der Waals surface area (Å²) in [4.78, 5) is 0.510. The van der Waals surface area contributed by atoms with E-state index in [1.807, 2.05) is 0 Å². The van der Waals surface area contributed by atoms with Gasteiger partial charge < -0.3 is 10.2 Å². The van der Waals surface area contributed by atoms with Crippen LogP contribution in [-0.2, 0) is 12.4 Å². The van der Waals surface area contributed by atoms with Crippen LogP contribution in [0.2, 0.25) is 0 Å². The van der Waals surface area contributed by atoms with E-state index in [9.17, 15) is 36.6 Å². The highest BCUT2D eigenvalue weighted by molar-refractivity contribution is 7.20. The Balaban J connectivity index is 1.70. The van der Waals surface area contributed by atoms with Crippen molar-refractivity contribution in [2.45, 2.75) is 12.4 Å². The fraction of sp³-hybridized carbons (Fsp3) is 0.0952. The normalized spacial score (nSPS) is 12.3. The lowest BCUT2D eigenvalue weighted by Gasteiger charge is -2.05. The van der Waals surface area contributed by atoms with E-state index in [-0.39, 0.29) is 41.4 Å². The summed E-state index contributed by atoms with van der Waals surface area (Å²) in [5.41, 5.74) is 1.05. The van der Waals surface area contributed by atoms with Gasteiger partial charge in [0.25, 0.3) is 0 Å². The molecule has 0 saturated heterocycles. The van der Waals surface area contributed by atoms with E-state index in [0.717, 1.165) is 46.9 Å². The molecule has 0 radical (unpaired) electrons. The van der Waals surface area contributed by atoms with Crippen LogP contribution in [0.3, 0.4) is 0 Å². The number of thiophene rings is 2. The zero-order chi connectivity index (χ0) is 22.6. The predicted molar refractivity (Wildman–Crippen MR) is 109 cm³/mol. The fourth-order valence-electron chi connectivity index (χ4n) is 2.95. The number of halogens is 6. The molecule has 10 heteroatoms. The molecule has 0 bridgehead atoms. The second-order valence-corrected chi connectivity index (χ2v) is 8.67. The molecular formula is C21H10F6O2S2. The van der Waals surface area contributed by atoms with Gasteiger partial charge in [0.05, 0.1) is 20.9 Å². The maximum absolute atomic E-state index is 12.9. The molecule has 2 N–H and O–H groups in total. The molecule has 0 aliphatic rings. The Morgan fingerprint density at radius 2 is 1.06 bits per heavy atom. The van der Waals surface area contributed by atoms with Crippen LogP contribution < -0.4 is 0 Å². The second kappa shape index (κ2) is 7.33. The second-order valence-electron chi connectivity index (χ2n) is 6.50. The minimum absolute atomic E-state index is 0.204. The Labute approximate surface area is 178 Å². The quantitative estimate of drug-likeness (QED) is 0.230. The van der Waals surface area contributed by atoms with Crippen molar-refractivity contribution in [2.24, 2.45) is 0 Å². The number of hydrogen-bond donors (Lipinski definition) is 2. The van der Waals surface area contributed by atoms with Crippen LogP contribution in [0.4, 0.5) is 26.3 Å². The number of rotatable bonds is 2. The molecule has 4 rings (SSSR count). The summed E-state index contributed by atoms with van der Waals surface area (Å²) in [6, 6.07) is 6.00. The summed E-state index contributed by atoms with van der Waals surface area (Å²) >= 11 is 1.86. The summed E-state index contributed by atoms with van der Waals surface area (Å²) in [6.07, 6.45) is -6.35. The van der Waals surface area contributed by atoms with Gasteiger partial charge in [0.15, 0.2) is 0 Å². The van der Waals surface area contributed by atoms with Gasteiger partial charge in [-0.05, 0) is 36.4 Å². The molecule has 0 unspecified atom stereocenters. The Hall–Kier alpha value is -2.94. The first-order chi connectivity index (χ1) is 14.4. The molecule has 0 amide bonds. The van der Waals surface area contributed by atoms with Crippen LogP contribution in [0.5, 0.6) is 11.5 Å². The third-order valence-corrected chi connectivity index (χ3v) is 6.64. The molecule has 2 nitrogen and oxygen atoms in total. The van der Waals surface area contributed by atoms with Crippen LogP contribution in [0.1, 0.15) is 20.9 Å². The lowest BCUT2D eigenvalue weighted by Crippen LogP contribution is -2.03. The number of alkyl halides is 6. The minimum atomic E-state index is -4.51. The van der Waals surface area contributed by atoms with Gasteiger partial charge in [-0.15, -0.1) is 28.4 Å². The average molecular weight is 472 g/mol. The lowest BCUT2D eigenvalue weighted by molar-refractivity contribution is -0.138. The summed E-state index contributed by atoms with van der Waals surface area (Å²) in [6.45, 7) is 0. The first-order valence-corrected chi connectivity index (χ1v) is 10.2. The molecule has 0 spiro atoms. The molecule has 0 aliphatic heterocycles. The van der Waals surface area contributed by atoms with Crippen molar-refractivity contribution in [1.82, 2.24) is 0 Å². The maximum atomic E-state index is 12.9. The van der Waals surface area contributed by atoms with Crippen LogP contribution >= 0.6 is 22.7 Å². The lowest BCUT2D eigenvalue weighted by atomic mass is 10.1. The molecule has 31 heavy (non-hydrogen) atoms. The zero-order valence-corrected chi connectivity index (χ0v) is 16.7. The van der Waals surface area contributed by atoms with Crippen LogP contribution in [0.25, 0.3) is 32.3 Å². The van der Waals surface area contributed by atoms with Gasteiger partial charge in [0.1, 0.15) is 11.5 Å². The minimum Gasteiger partial charge on any atom is -0.506 e. The number of benzene rings is 2. The third kappa shape index (κ3) is 4.01. The summed E-state index contributed by atoms with van der Waals surface area (Å²) in [7, 11) is 0. The maximum Gasteiger partial charge on any atom is 0.416 e. The predicted octanol–water partition coefficient (Wildman–Crippen LogP) is 7.89. The average Bonchev–Trinajstić information content (AvgIpc) is 3.17. The topological polar surface area (TPSA) is 40.5 Å². The van der Waals surface area contributed by atoms with Crippen molar-refractivity contribution < 1.29 is 36.6 Å². The van der Waals surface area contributed by atoms with Crippen LogP contribution in [-0.4, -0.2) is 10.2 Å². The number of fused-ring (bicyclic) bond motifs is 2. The van der Waals surface area contributed by atoms with E-state index in [4.69, 9.17) is 0 Å². The highest BCUT2D eigenvalue weighted by Gasteiger charge is 2.31. The number of aromatic hydroxyl groups is 2. The highest BCUT2D eigenvalue weighted by atomic mass is 32.1. The molecule has 4 aromatic rings. The molecule has 160 valence electrons. The van der Waals surface area contributed by atoms with Gasteiger partial charge in [-0.2, -0.15) is 26.3 Å². The van der Waals surface area contributed by atoms with Crippen molar-refractivity contribution in [3.63, 3.8) is 0 Å². The summed E-state index contributed by atoms with van der Waals surface area (Å²) < 4.78 is 77.7. The smallest absolute Gasteiger partial charge is 0.416 e. The number of hydrogen-bond acceptors (Lipinski definition) is 4. The molecular weight excluding hydrogens is 462 g/mol. The van der Waals surface area contributed by atoms with Gasteiger partial charge >= 0.3 is 12.4 Å². The van der Waals surface area contributed by atoms with Gasteiger partial charge in [-0.3, -0.25) is 0 Å². The van der Waals surface area contributed by atoms with E-state index in [1.54, 1.807) is 0 Å². The van der Waals surface area contributed by atoms with Gasteiger partial charge in [-0.1, -0.05) is 0 Å². The van der Waals surface area contributed by atoms with E-state index in [1.165, 1.54) is 24.3 Å². The Kier molecular flexibility index (Phi) is 5.04. The van der Waals surface area contributed by atoms with Crippen molar-refractivity contribution in [1.29, 1.82) is 0 Å². The van der Waals surface area contributed by atoms with Gasteiger partial charge in [0.2, 0.25) is 0 Å². The van der Waals surface area contributed by atoms with Crippen molar-refractivity contribution in [3.05, 3.63) is 63.0 Å². The standard InChI is InChI=1S/C21H10F6O2S2/c22-20(23,24)10-4-6-12-16(8-10)30-14(18(12)28)2-1-3-15-19(29)13-7-5-11(21(25,26)27)9-17(13)31-15/h2-9,28-29H. The zero-order valence-electron chi connectivity index (χ0n) is 15.1. The highest BCUT2D eigenvalue weighted by Crippen LogP contribution is 2.42. The summed E-state index contributed by atoms with van der Waals surface area (Å²) in [5.74, 6) is -0.407. The molecule has 0 fully saturated rings. The molecule has 2 aromatic carbocycles. The molecule has 0 saturated carbocycles. The van der Waals surface area contributed by atoms with Crippen LogP contribution in [0, 0.1) is 0 Å². The van der Waals surface area contributed by atoms with E-state index < -0.39 is 23.5 Å². The molecule has 2 heterocycles. The molecule has 2 aromatic heterocycles. The van der Waals surface area contributed by atoms with E-state index in [2.05, 4.69) is 5.73 Å². The van der Waals surface area contributed by atoms with Crippen molar-refractivity contribution in [2.75, 3.05) is 0 Å². The van der Waals surface area contributed by atoms with Gasteiger partial charge in [0, 0.05) is 32.3 Å². The summed E-state index contributed by atoms with van der Waals surface area (Å²) in [5, 5.41) is 21.0. The van der Waals surface area contributed by atoms with Crippen molar-refractivity contribution in [3.8, 4) is 11.5 Å². The third-order valence-electron chi connectivity index (χ3n) is 4.46. The first-order valence-electron chi connectivity index (χ1n) is 8.53. The molecule has 0 atom stereocenters. The Bertz CT molecular complexity index is 1270. The molecule has 0 aliphatic carbocycles.